The molecule has 3 rings (SSSR count). The quantitative estimate of drug-likeness (QED) is 0.855. The van der Waals surface area contributed by atoms with Crippen molar-refractivity contribution in [3.05, 3.63) is 55.3 Å². The molecule has 2 heterocycles. The number of aromatic amines is 1. The summed E-state index contributed by atoms with van der Waals surface area (Å²) >= 11 is 6.07. The molecule has 3 N–H and O–H groups in total. The molecule has 1 aromatic heterocycles. The number of hydrogen-bond acceptors (Lipinski definition) is 4. The van der Waals surface area contributed by atoms with Crippen molar-refractivity contribution in [3.8, 4) is 5.75 Å². The zero-order valence-corrected chi connectivity index (χ0v) is 11.2. The molecule has 20 heavy (non-hydrogen) atoms. The van der Waals surface area contributed by atoms with Crippen LogP contribution in [-0.2, 0) is 13.0 Å². The minimum absolute atomic E-state index is 0.0100. The van der Waals surface area contributed by atoms with E-state index < -0.39 is 11.2 Å². The zero-order chi connectivity index (χ0) is 14.3. The van der Waals surface area contributed by atoms with Crippen LogP contribution in [0.5, 0.6) is 5.75 Å². The molecule has 0 aliphatic carbocycles. The molecule has 1 aliphatic heterocycles. The van der Waals surface area contributed by atoms with Crippen LogP contribution in [-0.4, -0.2) is 16.2 Å². The van der Waals surface area contributed by atoms with Crippen LogP contribution < -0.4 is 21.7 Å². The van der Waals surface area contributed by atoms with Crippen LogP contribution in [0.1, 0.15) is 11.1 Å². The lowest BCUT2D eigenvalue weighted by Crippen LogP contribution is -2.31. The van der Waals surface area contributed by atoms with Gasteiger partial charge in [-0.05, 0) is 17.7 Å². The van der Waals surface area contributed by atoms with Gasteiger partial charge in [-0.2, -0.15) is 0 Å². The molecule has 7 heteroatoms. The van der Waals surface area contributed by atoms with Crippen LogP contribution in [0.2, 0.25) is 5.02 Å². The number of aromatic nitrogens is 2. The minimum Gasteiger partial charge on any atom is -0.493 e. The number of nitrogens with zero attached hydrogens (tertiary/aromatic N) is 1. The highest BCUT2D eigenvalue weighted by atomic mass is 35.5. The Balaban J connectivity index is 2.07. The Bertz CT molecular complexity index is 794. The van der Waals surface area contributed by atoms with E-state index in [0.717, 1.165) is 23.3 Å². The molecule has 0 bridgehead atoms. The second-order valence-corrected chi connectivity index (χ2v) is 5.06. The van der Waals surface area contributed by atoms with Crippen molar-refractivity contribution in [2.24, 2.45) is 0 Å². The Morgan fingerprint density at radius 2 is 2.20 bits per heavy atom. The first kappa shape index (κ1) is 12.8. The van der Waals surface area contributed by atoms with Gasteiger partial charge in [0.25, 0.3) is 5.56 Å². The maximum absolute atomic E-state index is 11.8. The van der Waals surface area contributed by atoms with Crippen molar-refractivity contribution in [2.45, 2.75) is 13.0 Å². The Hall–Kier alpha value is -2.21. The standard InChI is InChI=1S/C13H12ClN3O3/c14-9-3-7-1-2-20-11(7)8(4-9)5-17-6-10(15)12(18)16-13(17)19/h3-4,6H,1-2,5,15H2,(H,16,18,19). The second-order valence-electron chi connectivity index (χ2n) is 4.62. The fraction of sp³-hybridized carbons (Fsp3) is 0.231. The number of halogens is 1. The molecule has 0 fully saturated rings. The van der Waals surface area contributed by atoms with Gasteiger partial charge in [-0.25, -0.2) is 4.79 Å². The van der Waals surface area contributed by atoms with Gasteiger partial charge < -0.3 is 10.5 Å². The molecule has 0 unspecified atom stereocenters. The number of benzene rings is 1. The number of nitrogens with two attached hydrogens (primary N) is 1. The lowest BCUT2D eigenvalue weighted by molar-refractivity contribution is 0.352. The number of H-pyrrole nitrogens is 1. The van der Waals surface area contributed by atoms with Gasteiger partial charge in [0.15, 0.2) is 0 Å². The van der Waals surface area contributed by atoms with E-state index in [1.165, 1.54) is 10.8 Å². The summed E-state index contributed by atoms with van der Waals surface area (Å²) in [4.78, 5) is 25.2. The van der Waals surface area contributed by atoms with Gasteiger partial charge in [0, 0.05) is 23.2 Å². The third-order valence-electron chi connectivity index (χ3n) is 3.20. The molecule has 1 aromatic carbocycles. The minimum atomic E-state index is -0.584. The smallest absolute Gasteiger partial charge is 0.328 e. The monoisotopic (exact) mass is 293 g/mol. The van der Waals surface area contributed by atoms with E-state index in [9.17, 15) is 9.59 Å². The third kappa shape index (κ3) is 2.18. The maximum atomic E-state index is 11.8. The van der Waals surface area contributed by atoms with Gasteiger partial charge in [-0.15, -0.1) is 0 Å². The number of hydrogen-bond donors (Lipinski definition) is 2. The Kier molecular flexibility index (Phi) is 3.02. The molecule has 0 saturated carbocycles. The summed E-state index contributed by atoms with van der Waals surface area (Å²) in [5.74, 6) is 0.756. The molecule has 104 valence electrons. The summed E-state index contributed by atoms with van der Waals surface area (Å²) in [5.41, 5.74) is 6.23. The Morgan fingerprint density at radius 1 is 1.40 bits per heavy atom. The fourth-order valence-electron chi connectivity index (χ4n) is 2.29. The number of ether oxygens (including phenoxy) is 1. The Morgan fingerprint density at radius 3 is 3.00 bits per heavy atom. The van der Waals surface area contributed by atoms with Crippen LogP contribution in [0.3, 0.4) is 0 Å². The molecule has 2 aromatic rings. The molecule has 0 spiro atoms. The van der Waals surface area contributed by atoms with Gasteiger partial charge in [0.2, 0.25) is 0 Å². The fourth-order valence-corrected chi connectivity index (χ4v) is 2.55. The average Bonchev–Trinajstić information content (AvgIpc) is 2.84. The first-order valence-corrected chi connectivity index (χ1v) is 6.46. The third-order valence-corrected chi connectivity index (χ3v) is 3.42. The molecule has 0 atom stereocenters. The number of anilines is 1. The summed E-state index contributed by atoms with van der Waals surface area (Å²) in [6, 6.07) is 3.61. The first-order chi connectivity index (χ1) is 9.54. The van der Waals surface area contributed by atoms with Crippen LogP contribution in [0.25, 0.3) is 0 Å². The van der Waals surface area contributed by atoms with E-state index in [-0.39, 0.29) is 12.2 Å². The molecular formula is C13H12ClN3O3. The molecule has 0 radical (unpaired) electrons. The molecule has 0 saturated heterocycles. The lowest BCUT2D eigenvalue weighted by atomic mass is 10.1. The second kappa shape index (κ2) is 4.72. The van der Waals surface area contributed by atoms with E-state index in [2.05, 4.69) is 4.98 Å². The molecule has 0 amide bonds. The van der Waals surface area contributed by atoms with Crippen LogP contribution in [0, 0.1) is 0 Å². The highest BCUT2D eigenvalue weighted by Gasteiger charge is 2.18. The summed E-state index contributed by atoms with van der Waals surface area (Å²) in [6.45, 7) is 0.841. The van der Waals surface area contributed by atoms with Crippen molar-refractivity contribution < 1.29 is 4.74 Å². The first-order valence-electron chi connectivity index (χ1n) is 6.08. The lowest BCUT2D eigenvalue weighted by Gasteiger charge is -2.11. The Labute approximate surface area is 118 Å². The molecule has 1 aliphatic rings. The number of nitrogen functional groups attached to an aromatic ring is 1. The van der Waals surface area contributed by atoms with Crippen LogP contribution >= 0.6 is 11.6 Å². The SMILES string of the molecule is Nc1cn(Cc2cc(Cl)cc3c2OCC3)c(=O)[nH]c1=O. The zero-order valence-electron chi connectivity index (χ0n) is 10.5. The van der Waals surface area contributed by atoms with E-state index in [4.69, 9.17) is 22.1 Å². The summed E-state index contributed by atoms with van der Waals surface area (Å²) in [7, 11) is 0. The van der Waals surface area contributed by atoms with Crippen LogP contribution in [0.15, 0.2) is 27.9 Å². The highest BCUT2D eigenvalue weighted by molar-refractivity contribution is 6.30. The number of fused-ring (bicyclic) bond motifs is 1. The summed E-state index contributed by atoms with van der Waals surface area (Å²) in [5, 5.41) is 0.592. The van der Waals surface area contributed by atoms with Gasteiger partial charge in [0.1, 0.15) is 11.4 Å². The van der Waals surface area contributed by atoms with E-state index in [1.807, 2.05) is 6.07 Å². The topological polar surface area (TPSA) is 90.1 Å². The molecule has 6 nitrogen and oxygen atoms in total. The maximum Gasteiger partial charge on any atom is 0.328 e. The van der Waals surface area contributed by atoms with Crippen molar-refractivity contribution >= 4 is 17.3 Å². The van der Waals surface area contributed by atoms with E-state index in [0.29, 0.717) is 11.6 Å². The number of rotatable bonds is 2. The van der Waals surface area contributed by atoms with Crippen molar-refractivity contribution in [3.63, 3.8) is 0 Å². The predicted octanol–water partition coefficient (Wildman–Crippen LogP) is 0.755. The summed E-state index contributed by atoms with van der Waals surface area (Å²) in [6.07, 6.45) is 2.12. The number of nitrogens with one attached hydrogen (secondary N) is 1. The van der Waals surface area contributed by atoms with Gasteiger partial charge >= 0.3 is 5.69 Å². The van der Waals surface area contributed by atoms with Crippen molar-refractivity contribution in [1.29, 1.82) is 0 Å². The van der Waals surface area contributed by atoms with Crippen molar-refractivity contribution in [1.82, 2.24) is 9.55 Å². The van der Waals surface area contributed by atoms with Crippen LogP contribution in [0.4, 0.5) is 5.69 Å². The average molecular weight is 294 g/mol. The highest BCUT2D eigenvalue weighted by Crippen LogP contribution is 2.33. The van der Waals surface area contributed by atoms with Crippen molar-refractivity contribution in [2.75, 3.05) is 12.3 Å². The van der Waals surface area contributed by atoms with E-state index >= 15 is 0 Å². The van der Waals surface area contributed by atoms with Gasteiger partial charge in [0.05, 0.1) is 13.2 Å². The molecular weight excluding hydrogens is 282 g/mol. The van der Waals surface area contributed by atoms with E-state index in [1.54, 1.807) is 6.07 Å². The summed E-state index contributed by atoms with van der Waals surface area (Å²) < 4.78 is 6.90. The predicted molar refractivity (Wildman–Crippen MR) is 75.5 cm³/mol. The largest absolute Gasteiger partial charge is 0.493 e. The van der Waals surface area contributed by atoms with Gasteiger partial charge in [-0.3, -0.25) is 14.3 Å². The normalized spacial score (nSPS) is 13.1. The van der Waals surface area contributed by atoms with Gasteiger partial charge in [-0.1, -0.05) is 11.6 Å².